The zero-order valence-corrected chi connectivity index (χ0v) is 17.9. The summed E-state index contributed by atoms with van der Waals surface area (Å²) in [5, 5.41) is 3.14. The zero-order chi connectivity index (χ0) is 20.9. The molecule has 1 amide bonds. The van der Waals surface area contributed by atoms with Crippen LogP contribution in [0.25, 0.3) is 0 Å². The van der Waals surface area contributed by atoms with Crippen LogP contribution in [0.3, 0.4) is 0 Å². The molecule has 0 radical (unpaired) electrons. The monoisotopic (exact) mass is 424 g/mol. The fourth-order valence-corrected chi connectivity index (χ4v) is 4.03. The van der Waals surface area contributed by atoms with Gasteiger partial charge < -0.3 is 10.1 Å². The largest absolute Gasteiger partial charge is 0.495 e. The maximum Gasteiger partial charge on any atom is 0.242 e. The number of hydrogen-bond acceptors (Lipinski definition) is 4. The first kappa shape index (κ1) is 22.2. The van der Waals surface area contributed by atoms with Crippen molar-refractivity contribution in [3.05, 3.63) is 53.1 Å². The quantitative estimate of drug-likeness (QED) is 0.671. The van der Waals surface area contributed by atoms with Crippen LogP contribution in [0.5, 0.6) is 5.75 Å². The van der Waals surface area contributed by atoms with Gasteiger partial charge in [0.05, 0.1) is 17.7 Å². The normalized spacial score (nSPS) is 12.6. The SMILES string of the molecule is COc1ccc(Cl)cc1NC(=O)[C@H](CC(C)C)NS(=O)(=O)c1ccc(C)cc1. The molecule has 8 heteroatoms. The predicted octanol–water partition coefficient (Wildman–Crippen LogP) is 3.99. The van der Waals surface area contributed by atoms with Crippen molar-refractivity contribution < 1.29 is 17.9 Å². The van der Waals surface area contributed by atoms with Gasteiger partial charge in [0, 0.05) is 5.02 Å². The molecule has 0 aliphatic rings. The van der Waals surface area contributed by atoms with Gasteiger partial charge in [0.1, 0.15) is 11.8 Å². The number of nitrogens with one attached hydrogen (secondary N) is 2. The summed E-state index contributed by atoms with van der Waals surface area (Å²) in [5.74, 6) is 0.0464. The van der Waals surface area contributed by atoms with Crippen LogP contribution in [0.2, 0.25) is 5.02 Å². The van der Waals surface area contributed by atoms with Gasteiger partial charge in [0.2, 0.25) is 15.9 Å². The van der Waals surface area contributed by atoms with Crippen molar-refractivity contribution in [2.45, 2.75) is 38.1 Å². The summed E-state index contributed by atoms with van der Waals surface area (Å²) in [6.07, 6.45) is 0.333. The fraction of sp³-hybridized carbons (Fsp3) is 0.350. The minimum atomic E-state index is -3.85. The Kier molecular flexibility index (Phi) is 7.46. The first-order valence-electron chi connectivity index (χ1n) is 8.86. The Morgan fingerprint density at radius 3 is 2.36 bits per heavy atom. The van der Waals surface area contributed by atoms with Crippen LogP contribution >= 0.6 is 11.6 Å². The number of methoxy groups -OCH3 is 1. The van der Waals surface area contributed by atoms with E-state index in [-0.39, 0.29) is 10.8 Å². The van der Waals surface area contributed by atoms with Crippen LogP contribution < -0.4 is 14.8 Å². The van der Waals surface area contributed by atoms with Gasteiger partial charge in [-0.3, -0.25) is 4.79 Å². The molecular formula is C20H25ClN2O4S. The summed E-state index contributed by atoms with van der Waals surface area (Å²) in [6.45, 7) is 5.71. The van der Waals surface area contributed by atoms with E-state index >= 15 is 0 Å². The van der Waals surface area contributed by atoms with Gasteiger partial charge in [-0.25, -0.2) is 8.42 Å². The molecule has 0 aliphatic heterocycles. The lowest BCUT2D eigenvalue weighted by atomic mass is 10.0. The molecule has 28 heavy (non-hydrogen) atoms. The second-order valence-electron chi connectivity index (χ2n) is 6.95. The van der Waals surface area contributed by atoms with Crippen LogP contribution in [-0.4, -0.2) is 27.5 Å². The first-order chi connectivity index (χ1) is 13.1. The number of rotatable bonds is 8. The van der Waals surface area contributed by atoms with Crippen LogP contribution in [0.1, 0.15) is 25.8 Å². The molecule has 0 heterocycles. The summed E-state index contributed by atoms with van der Waals surface area (Å²) >= 11 is 6.00. The number of carbonyl (C=O) groups excluding carboxylic acids is 1. The molecule has 6 nitrogen and oxygen atoms in total. The van der Waals surface area contributed by atoms with Crippen LogP contribution in [0, 0.1) is 12.8 Å². The van der Waals surface area contributed by atoms with Gasteiger partial charge in [-0.1, -0.05) is 43.1 Å². The zero-order valence-electron chi connectivity index (χ0n) is 16.3. The van der Waals surface area contributed by atoms with E-state index < -0.39 is 22.0 Å². The van der Waals surface area contributed by atoms with Crippen molar-refractivity contribution in [3.8, 4) is 5.75 Å². The second kappa shape index (κ2) is 9.41. The molecule has 0 bridgehead atoms. The minimum absolute atomic E-state index is 0.0951. The van der Waals surface area contributed by atoms with Gasteiger partial charge in [0.25, 0.3) is 0 Å². The molecule has 0 aromatic heterocycles. The third-order valence-electron chi connectivity index (χ3n) is 4.07. The number of sulfonamides is 1. The number of aryl methyl sites for hydroxylation is 1. The number of amides is 1. The second-order valence-corrected chi connectivity index (χ2v) is 9.10. The topological polar surface area (TPSA) is 84.5 Å². The van der Waals surface area contributed by atoms with Crippen molar-refractivity contribution in [2.75, 3.05) is 12.4 Å². The van der Waals surface area contributed by atoms with E-state index in [0.717, 1.165) is 5.56 Å². The highest BCUT2D eigenvalue weighted by Crippen LogP contribution is 2.28. The molecule has 2 aromatic rings. The van der Waals surface area contributed by atoms with Crippen molar-refractivity contribution in [3.63, 3.8) is 0 Å². The van der Waals surface area contributed by atoms with Crippen molar-refractivity contribution >= 4 is 33.2 Å². The number of carbonyl (C=O) groups is 1. The fourth-order valence-electron chi connectivity index (χ4n) is 2.65. The maximum atomic E-state index is 12.9. The number of halogens is 1. The first-order valence-corrected chi connectivity index (χ1v) is 10.7. The van der Waals surface area contributed by atoms with Gasteiger partial charge in [0.15, 0.2) is 0 Å². The molecular weight excluding hydrogens is 400 g/mol. The molecule has 2 rings (SSSR count). The van der Waals surface area contributed by atoms with E-state index in [0.29, 0.717) is 22.9 Å². The molecule has 152 valence electrons. The highest BCUT2D eigenvalue weighted by molar-refractivity contribution is 7.89. The predicted molar refractivity (Wildman–Crippen MR) is 111 cm³/mol. The molecule has 0 saturated carbocycles. The van der Waals surface area contributed by atoms with E-state index in [1.807, 2.05) is 20.8 Å². The summed E-state index contributed by atoms with van der Waals surface area (Å²) < 4.78 is 33.2. The smallest absolute Gasteiger partial charge is 0.242 e. The molecule has 2 aromatic carbocycles. The lowest BCUT2D eigenvalue weighted by Crippen LogP contribution is -2.44. The summed E-state index contributed by atoms with van der Waals surface area (Å²) in [5.41, 5.74) is 1.33. The Labute approximate surface area is 171 Å². The van der Waals surface area contributed by atoms with Crippen LogP contribution in [0.4, 0.5) is 5.69 Å². The summed E-state index contributed by atoms with van der Waals surface area (Å²) in [6, 6.07) is 10.3. The van der Waals surface area contributed by atoms with E-state index in [4.69, 9.17) is 16.3 Å². The highest BCUT2D eigenvalue weighted by atomic mass is 35.5. The standard InChI is InChI=1S/C20H25ClN2O4S/c1-13(2)11-18(23-28(25,26)16-8-5-14(3)6-9-16)20(24)22-17-12-15(21)7-10-19(17)27-4/h5-10,12-13,18,23H,11H2,1-4H3,(H,22,24)/t18-/m0/s1. The van der Waals surface area contributed by atoms with E-state index in [1.165, 1.54) is 19.2 Å². The molecule has 1 atom stereocenters. The Hall–Kier alpha value is -2.09. The molecule has 0 saturated heterocycles. The Morgan fingerprint density at radius 2 is 1.79 bits per heavy atom. The number of hydrogen-bond donors (Lipinski definition) is 2. The lowest BCUT2D eigenvalue weighted by molar-refractivity contribution is -0.118. The third kappa shape index (κ3) is 5.95. The Bertz CT molecular complexity index is 928. The minimum Gasteiger partial charge on any atom is -0.495 e. The average Bonchev–Trinajstić information content (AvgIpc) is 2.61. The van der Waals surface area contributed by atoms with Gasteiger partial charge >= 0.3 is 0 Å². The number of benzene rings is 2. The molecule has 0 aliphatic carbocycles. The van der Waals surface area contributed by atoms with Gasteiger partial charge in [-0.05, 0) is 49.6 Å². The lowest BCUT2D eigenvalue weighted by Gasteiger charge is -2.21. The third-order valence-corrected chi connectivity index (χ3v) is 5.79. The number of anilines is 1. The molecule has 0 fully saturated rings. The van der Waals surface area contributed by atoms with Gasteiger partial charge in [-0.15, -0.1) is 0 Å². The van der Waals surface area contributed by atoms with Crippen molar-refractivity contribution in [1.82, 2.24) is 4.72 Å². The molecule has 2 N–H and O–H groups in total. The Morgan fingerprint density at radius 1 is 1.14 bits per heavy atom. The Balaban J connectivity index is 2.26. The average molecular weight is 425 g/mol. The molecule has 0 unspecified atom stereocenters. The van der Waals surface area contributed by atoms with E-state index in [2.05, 4.69) is 10.0 Å². The highest BCUT2D eigenvalue weighted by Gasteiger charge is 2.27. The summed E-state index contributed by atoms with van der Waals surface area (Å²) in [7, 11) is -2.37. The van der Waals surface area contributed by atoms with Crippen LogP contribution in [-0.2, 0) is 14.8 Å². The van der Waals surface area contributed by atoms with Crippen LogP contribution in [0.15, 0.2) is 47.4 Å². The number of ether oxygens (including phenoxy) is 1. The van der Waals surface area contributed by atoms with Crippen molar-refractivity contribution in [1.29, 1.82) is 0 Å². The summed E-state index contributed by atoms with van der Waals surface area (Å²) in [4.78, 5) is 13.0. The van der Waals surface area contributed by atoms with E-state index in [1.54, 1.807) is 30.3 Å². The maximum absolute atomic E-state index is 12.9. The van der Waals surface area contributed by atoms with Gasteiger partial charge in [-0.2, -0.15) is 4.72 Å². The van der Waals surface area contributed by atoms with E-state index in [9.17, 15) is 13.2 Å². The van der Waals surface area contributed by atoms with Crippen molar-refractivity contribution in [2.24, 2.45) is 5.92 Å². The molecule has 0 spiro atoms.